The largest absolute Gasteiger partial charge is 0.493 e. The summed E-state index contributed by atoms with van der Waals surface area (Å²) in [6, 6.07) is 4.48. The molecule has 4 heteroatoms. The molecule has 1 unspecified atom stereocenters. The molecule has 1 atom stereocenters. The summed E-state index contributed by atoms with van der Waals surface area (Å²) >= 11 is 6.44. The summed E-state index contributed by atoms with van der Waals surface area (Å²) in [4.78, 5) is 0. The van der Waals surface area contributed by atoms with Crippen molar-refractivity contribution in [3.63, 3.8) is 0 Å². The Kier molecular flexibility index (Phi) is 4.37. The zero-order valence-electron chi connectivity index (χ0n) is 12.0. The van der Waals surface area contributed by atoms with Crippen molar-refractivity contribution in [3.05, 3.63) is 22.7 Å². The van der Waals surface area contributed by atoms with Crippen LogP contribution in [-0.4, -0.2) is 19.8 Å². The van der Waals surface area contributed by atoms with Gasteiger partial charge in [0.05, 0.1) is 18.2 Å². The second kappa shape index (κ2) is 6.23. The standard InChI is InChI=1S/C16H22ClNO2/c1-19-15-10-11(14-7-4-8-18-14)9-13(17)16(15)20-12-5-2-3-6-12/h9-10,12,14,18H,2-8H2,1H3. The first-order valence-electron chi connectivity index (χ1n) is 7.55. The minimum atomic E-state index is 0.289. The molecular weight excluding hydrogens is 274 g/mol. The van der Waals surface area contributed by atoms with Crippen molar-refractivity contribution in [3.8, 4) is 11.5 Å². The highest BCUT2D eigenvalue weighted by molar-refractivity contribution is 6.32. The average Bonchev–Trinajstić information content (AvgIpc) is 3.13. The van der Waals surface area contributed by atoms with Crippen molar-refractivity contribution in [2.75, 3.05) is 13.7 Å². The molecule has 1 saturated carbocycles. The van der Waals surface area contributed by atoms with Crippen LogP contribution in [0.15, 0.2) is 12.1 Å². The molecule has 1 heterocycles. The van der Waals surface area contributed by atoms with Gasteiger partial charge in [-0.1, -0.05) is 11.6 Å². The fraction of sp³-hybridized carbons (Fsp3) is 0.625. The lowest BCUT2D eigenvalue weighted by molar-refractivity contribution is 0.201. The molecule has 3 nitrogen and oxygen atoms in total. The number of ether oxygens (including phenoxy) is 2. The molecule has 2 aliphatic rings. The van der Waals surface area contributed by atoms with Crippen LogP contribution in [0.1, 0.15) is 50.1 Å². The second-order valence-corrected chi connectivity index (χ2v) is 6.11. The number of hydrogen-bond donors (Lipinski definition) is 1. The van der Waals surface area contributed by atoms with Crippen molar-refractivity contribution in [1.82, 2.24) is 5.32 Å². The van der Waals surface area contributed by atoms with Crippen LogP contribution in [0, 0.1) is 0 Å². The molecule has 0 bridgehead atoms. The van der Waals surface area contributed by atoms with Gasteiger partial charge in [-0.15, -0.1) is 0 Å². The van der Waals surface area contributed by atoms with Gasteiger partial charge in [0.25, 0.3) is 0 Å². The van der Waals surface area contributed by atoms with E-state index < -0.39 is 0 Å². The van der Waals surface area contributed by atoms with Gasteiger partial charge in [-0.25, -0.2) is 0 Å². The van der Waals surface area contributed by atoms with Gasteiger partial charge in [0, 0.05) is 6.04 Å². The van der Waals surface area contributed by atoms with Gasteiger partial charge < -0.3 is 14.8 Å². The highest BCUT2D eigenvalue weighted by atomic mass is 35.5. The SMILES string of the molecule is COc1cc(C2CCCN2)cc(Cl)c1OC1CCCC1. The lowest BCUT2D eigenvalue weighted by Gasteiger charge is -2.20. The zero-order valence-corrected chi connectivity index (χ0v) is 12.7. The molecule has 1 aliphatic heterocycles. The molecule has 1 saturated heterocycles. The predicted octanol–water partition coefficient (Wildman–Crippen LogP) is 4.09. The number of rotatable bonds is 4. The average molecular weight is 296 g/mol. The molecule has 110 valence electrons. The Balaban J connectivity index is 1.85. The fourth-order valence-electron chi connectivity index (χ4n) is 3.20. The third kappa shape index (κ3) is 2.89. The van der Waals surface area contributed by atoms with Crippen molar-refractivity contribution >= 4 is 11.6 Å². The first-order valence-corrected chi connectivity index (χ1v) is 7.93. The van der Waals surface area contributed by atoms with Crippen LogP contribution in [0.25, 0.3) is 0 Å². The van der Waals surface area contributed by atoms with Gasteiger partial charge in [0.2, 0.25) is 0 Å². The molecule has 0 aromatic heterocycles. The highest BCUT2D eigenvalue weighted by Gasteiger charge is 2.23. The molecule has 3 rings (SSSR count). The van der Waals surface area contributed by atoms with Crippen molar-refractivity contribution in [2.24, 2.45) is 0 Å². The Morgan fingerprint density at radius 1 is 1.15 bits per heavy atom. The summed E-state index contributed by atoms with van der Waals surface area (Å²) in [6.45, 7) is 1.07. The summed E-state index contributed by atoms with van der Waals surface area (Å²) in [5.41, 5.74) is 1.20. The Hall–Kier alpha value is -0.930. The number of methoxy groups -OCH3 is 1. The van der Waals surface area contributed by atoms with Crippen LogP contribution in [0.5, 0.6) is 11.5 Å². The normalized spacial score (nSPS) is 23.2. The highest BCUT2D eigenvalue weighted by Crippen LogP contribution is 2.41. The third-order valence-corrected chi connectivity index (χ3v) is 4.58. The Labute approximate surface area is 125 Å². The van der Waals surface area contributed by atoms with Crippen molar-refractivity contribution in [1.29, 1.82) is 0 Å². The fourth-order valence-corrected chi connectivity index (χ4v) is 3.46. The smallest absolute Gasteiger partial charge is 0.180 e. The van der Waals surface area contributed by atoms with Gasteiger partial charge in [-0.05, 0) is 62.8 Å². The first kappa shape index (κ1) is 14.0. The number of halogens is 1. The quantitative estimate of drug-likeness (QED) is 0.907. The van der Waals surface area contributed by atoms with Gasteiger partial charge >= 0.3 is 0 Å². The molecule has 2 fully saturated rings. The van der Waals surface area contributed by atoms with E-state index in [1.807, 2.05) is 6.07 Å². The summed E-state index contributed by atoms with van der Waals surface area (Å²) in [5, 5.41) is 4.16. The topological polar surface area (TPSA) is 30.5 Å². The maximum Gasteiger partial charge on any atom is 0.180 e. The third-order valence-electron chi connectivity index (χ3n) is 4.30. The van der Waals surface area contributed by atoms with Crippen LogP contribution >= 0.6 is 11.6 Å². The van der Waals surface area contributed by atoms with E-state index in [9.17, 15) is 0 Å². The Bertz CT molecular complexity index is 466. The molecule has 1 aromatic rings. The van der Waals surface area contributed by atoms with E-state index in [1.54, 1.807) is 7.11 Å². The summed E-state index contributed by atoms with van der Waals surface area (Å²) in [7, 11) is 1.68. The van der Waals surface area contributed by atoms with E-state index in [1.165, 1.54) is 24.8 Å². The molecule has 1 aliphatic carbocycles. The second-order valence-electron chi connectivity index (χ2n) is 5.71. The van der Waals surface area contributed by atoms with Crippen molar-refractivity contribution in [2.45, 2.75) is 50.7 Å². The van der Waals surface area contributed by atoms with Gasteiger partial charge in [0.15, 0.2) is 11.5 Å². The molecule has 20 heavy (non-hydrogen) atoms. The first-order chi connectivity index (χ1) is 9.78. The van der Waals surface area contributed by atoms with Crippen LogP contribution in [0.4, 0.5) is 0 Å². The Morgan fingerprint density at radius 2 is 1.95 bits per heavy atom. The number of benzene rings is 1. The van der Waals surface area contributed by atoms with E-state index in [0.29, 0.717) is 16.8 Å². The summed E-state index contributed by atoms with van der Waals surface area (Å²) in [5.74, 6) is 1.47. The van der Waals surface area contributed by atoms with Crippen LogP contribution in [-0.2, 0) is 0 Å². The van der Waals surface area contributed by atoms with E-state index in [-0.39, 0.29) is 6.10 Å². The molecule has 1 aromatic carbocycles. The molecule has 1 N–H and O–H groups in total. The molecule has 0 spiro atoms. The van der Waals surface area contributed by atoms with E-state index in [4.69, 9.17) is 21.1 Å². The maximum absolute atomic E-state index is 6.44. The molecule has 0 amide bonds. The van der Waals surface area contributed by atoms with Crippen LogP contribution < -0.4 is 14.8 Å². The summed E-state index contributed by atoms with van der Waals surface area (Å²) < 4.78 is 11.6. The van der Waals surface area contributed by atoms with Crippen LogP contribution in [0.3, 0.4) is 0 Å². The molecular formula is C16H22ClNO2. The minimum Gasteiger partial charge on any atom is -0.493 e. The lowest BCUT2D eigenvalue weighted by atomic mass is 10.0. The van der Waals surface area contributed by atoms with Gasteiger partial charge in [0.1, 0.15) is 0 Å². The van der Waals surface area contributed by atoms with E-state index in [0.717, 1.165) is 31.6 Å². The lowest BCUT2D eigenvalue weighted by Crippen LogP contribution is -2.14. The molecule has 0 radical (unpaired) electrons. The Morgan fingerprint density at radius 3 is 2.60 bits per heavy atom. The van der Waals surface area contributed by atoms with Crippen LogP contribution in [0.2, 0.25) is 5.02 Å². The van der Waals surface area contributed by atoms with E-state index >= 15 is 0 Å². The number of nitrogens with one attached hydrogen (secondary N) is 1. The minimum absolute atomic E-state index is 0.289. The number of hydrogen-bond acceptors (Lipinski definition) is 3. The summed E-state index contributed by atoms with van der Waals surface area (Å²) in [6.07, 6.45) is 7.38. The maximum atomic E-state index is 6.44. The monoisotopic (exact) mass is 295 g/mol. The van der Waals surface area contributed by atoms with Gasteiger partial charge in [-0.3, -0.25) is 0 Å². The predicted molar refractivity (Wildman–Crippen MR) is 80.9 cm³/mol. The zero-order chi connectivity index (χ0) is 13.9. The van der Waals surface area contributed by atoms with E-state index in [2.05, 4.69) is 11.4 Å². The van der Waals surface area contributed by atoms with Crippen molar-refractivity contribution < 1.29 is 9.47 Å². The van der Waals surface area contributed by atoms with Gasteiger partial charge in [-0.2, -0.15) is 0 Å².